The minimum absolute atomic E-state index is 0.000955. The van der Waals surface area contributed by atoms with E-state index in [1.165, 1.54) is 26.0 Å². The van der Waals surface area contributed by atoms with E-state index in [4.69, 9.17) is 9.47 Å². The maximum absolute atomic E-state index is 12.4. The molecule has 0 saturated heterocycles. The molecule has 1 aliphatic rings. The van der Waals surface area contributed by atoms with Crippen molar-refractivity contribution in [1.82, 2.24) is 4.90 Å². The van der Waals surface area contributed by atoms with Crippen molar-refractivity contribution in [1.29, 1.82) is 0 Å². The average Bonchev–Trinajstić information content (AvgIpc) is 2.82. The lowest BCUT2D eigenvalue weighted by molar-refractivity contribution is -0.134. The van der Waals surface area contributed by atoms with Gasteiger partial charge in [-0.05, 0) is 29.8 Å². The molecule has 132 valence electrons. The maximum atomic E-state index is 12.4. The van der Waals surface area contributed by atoms with Gasteiger partial charge in [-0.3, -0.25) is 24.1 Å². The first-order valence-electron chi connectivity index (χ1n) is 7.82. The van der Waals surface area contributed by atoms with Crippen LogP contribution in [0, 0.1) is 0 Å². The van der Waals surface area contributed by atoms with Crippen LogP contribution in [0.2, 0.25) is 0 Å². The molecule has 26 heavy (non-hydrogen) atoms. The van der Waals surface area contributed by atoms with Gasteiger partial charge in [-0.15, -0.1) is 0 Å². The second-order valence-corrected chi connectivity index (χ2v) is 5.71. The van der Waals surface area contributed by atoms with Crippen molar-refractivity contribution < 1.29 is 28.7 Å². The molecule has 2 aromatic carbocycles. The highest BCUT2D eigenvalue weighted by molar-refractivity contribution is 6.21. The maximum Gasteiger partial charge on any atom is 0.308 e. The van der Waals surface area contributed by atoms with Crippen molar-refractivity contribution in [3.63, 3.8) is 0 Å². The summed E-state index contributed by atoms with van der Waals surface area (Å²) in [5.74, 6) is -1.80. The Kier molecular flexibility index (Phi) is 4.53. The fourth-order valence-electron chi connectivity index (χ4n) is 2.69. The molecule has 0 bridgehead atoms. The summed E-state index contributed by atoms with van der Waals surface area (Å²) >= 11 is 0. The highest BCUT2D eigenvalue weighted by Gasteiger charge is 2.35. The first kappa shape index (κ1) is 17.3. The third-order valence-corrected chi connectivity index (χ3v) is 3.73. The standard InChI is InChI=1S/C19H15NO6/c1-11(21)25-16-8-7-13(9-17(16)26-12(2)22)10-20-18(23)14-5-3-4-6-15(14)19(20)24/h3-9H,10H2,1-2H3. The lowest BCUT2D eigenvalue weighted by Crippen LogP contribution is -2.29. The Morgan fingerprint density at radius 3 is 1.92 bits per heavy atom. The van der Waals surface area contributed by atoms with Crippen LogP contribution < -0.4 is 9.47 Å². The van der Waals surface area contributed by atoms with Gasteiger partial charge in [0.25, 0.3) is 11.8 Å². The van der Waals surface area contributed by atoms with Gasteiger partial charge in [-0.25, -0.2) is 0 Å². The van der Waals surface area contributed by atoms with Crippen LogP contribution in [0.3, 0.4) is 0 Å². The molecule has 0 aliphatic carbocycles. The van der Waals surface area contributed by atoms with Crippen LogP contribution in [-0.4, -0.2) is 28.7 Å². The van der Waals surface area contributed by atoms with E-state index >= 15 is 0 Å². The summed E-state index contributed by atoms with van der Waals surface area (Å²) in [6.07, 6.45) is 0. The molecule has 7 nitrogen and oxygen atoms in total. The largest absolute Gasteiger partial charge is 0.423 e. The number of ether oxygens (including phenoxy) is 2. The zero-order chi connectivity index (χ0) is 18.8. The summed E-state index contributed by atoms with van der Waals surface area (Å²) in [7, 11) is 0. The molecule has 0 radical (unpaired) electrons. The summed E-state index contributed by atoms with van der Waals surface area (Å²) in [6.45, 7) is 2.44. The van der Waals surface area contributed by atoms with Gasteiger partial charge in [0.15, 0.2) is 11.5 Å². The molecule has 1 heterocycles. The zero-order valence-electron chi connectivity index (χ0n) is 14.1. The van der Waals surface area contributed by atoms with Crippen molar-refractivity contribution in [2.24, 2.45) is 0 Å². The number of imide groups is 1. The molecule has 3 rings (SSSR count). The molecular weight excluding hydrogens is 338 g/mol. The summed E-state index contributed by atoms with van der Waals surface area (Å²) < 4.78 is 10.1. The minimum atomic E-state index is -0.587. The number of fused-ring (bicyclic) bond motifs is 1. The molecule has 2 aromatic rings. The summed E-state index contributed by atoms with van der Waals surface area (Å²) in [6, 6.07) is 11.1. The molecule has 0 aromatic heterocycles. The lowest BCUT2D eigenvalue weighted by Gasteiger charge is -2.15. The molecule has 0 N–H and O–H groups in total. The van der Waals surface area contributed by atoms with Gasteiger partial charge >= 0.3 is 11.9 Å². The monoisotopic (exact) mass is 353 g/mol. The molecule has 0 atom stereocenters. The number of nitrogens with zero attached hydrogens (tertiary/aromatic N) is 1. The van der Waals surface area contributed by atoms with Crippen LogP contribution in [0.5, 0.6) is 11.5 Å². The number of benzene rings is 2. The normalized spacial score (nSPS) is 12.8. The van der Waals surface area contributed by atoms with Crippen LogP contribution in [0.15, 0.2) is 42.5 Å². The van der Waals surface area contributed by atoms with Crippen molar-refractivity contribution in [3.05, 3.63) is 59.2 Å². The number of hydrogen-bond donors (Lipinski definition) is 0. The van der Waals surface area contributed by atoms with Gasteiger partial charge in [0, 0.05) is 13.8 Å². The molecule has 1 aliphatic heterocycles. The van der Waals surface area contributed by atoms with E-state index in [2.05, 4.69) is 0 Å². The summed E-state index contributed by atoms with van der Waals surface area (Å²) in [5, 5.41) is 0. The molecule has 0 spiro atoms. The van der Waals surface area contributed by atoms with Crippen LogP contribution in [0.4, 0.5) is 0 Å². The topological polar surface area (TPSA) is 90.0 Å². The predicted molar refractivity (Wildman–Crippen MR) is 89.7 cm³/mol. The molecule has 2 amide bonds. The van der Waals surface area contributed by atoms with Gasteiger partial charge in [0.1, 0.15) is 0 Å². The Bertz CT molecular complexity index is 898. The van der Waals surface area contributed by atoms with E-state index in [0.717, 1.165) is 4.90 Å². The van der Waals surface area contributed by atoms with Crippen molar-refractivity contribution in [2.75, 3.05) is 0 Å². The number of hydrogen-bond acceptors (Lipinski definition) is 6. The van der Waals surface area contributed by atoms with E-state index in [9.17, 15) is 19.2 Å². The Morgan fingerprint density at radius 2 is 1.38 bits per heavy atom. The number of carbonyl (C=O) groups excluding carboxylic acids is 4. The predicted octanol–water partition coefficient (Wildman–Crippen LogP) is 2.33. The number of rotatable bonds is 4. The Labute approximate surface area is 149 Å². The van der Waals surface area contributed by atoms with E-state index in [1.54, 1.807) is 30.3 Å². The molecule has 0 fully saturated rings. The highest BCUT2D eigenvalue weighted by atomic mass is 16.6. The SMILES string of the molecule is CC(=O)Oc1ccc(CN2C(=O)c3ccccc3C2=O)cc1OC(C)=O. The quantitative estimate of drug-likeness (QED) is 0.476. The van der Waals surface area contributed by atoms with Gasteiger partial charge in [-0.1, -0.05) is 18.2 Å². The van der Waals surface area contributed by atoms with E-state index in [0.29, 0.717) is 16.7 Å². The average molecular weight is 353 g/mol. The second-order valence-electron chi connectivity index (χ2n) is 5.71. The van der Waals surface area contributed by atoms with Gasteiger partial charge in [0.2, 0.25) is 0 Å². The summed E-state index contributed by atoms with van der Waals surface area (Å²) in [5.41, 5.74) is 1.26. The fraction of sp³-hybridized carbons (Fsp3) is 0.158. The van der Waals surface area contributed by atoms with Gasteiger partial charge < -0.3 is 9.47 Å². The van der Waals surface area contributed by atoms with Gasteiger partial charge in [-0.2, -0.15) is 0 Å². The number of carbonyl (C=O) groups is 4. The highest BCUT2D eigenvalue weighted by Crippen LogP contribution is 2.31. The molecular formula is C19H15NO6. The molecule has 0 saturated carbocycles. The van der Waals surface area contributed by atoms with Crippen LogP contribution in [0.25, 0.3) is 0 Å². The Morgan fingerprint density at radius 1 is 0.846 bits per heavy atom. The van der Waals surface area contributed by atoms with E-state index < -0.39 is 11.9 Å². The summed E-state index contributed by atoms with van der Waals surface area (Å²) in [4.78, 5) is 48.4. The van der Waals surface area contributed by atoms with Crippen LogP contribution >= 0.6 is 0 Å². The van der Waals surface area contributed by atoms with E-state index in [1.807, 2.05) is 0 Å². The van der Waals surface area contributed by atoms with Gasteiger partial charge in [0.05, 0.1) is 17.7 Å². The Balaban J connectivity index is 1.89. The van der Waals surface area contributed by atoms with Crippen molar-refractivity contribution in [2.45, 2.75) is 20.4 Å². The second kappa shape index (κ2) is 6.79. The smallest absolute Gasteiger partial charge is 0.308 e. The van der Waals surface area contributed by atoms with E-state index in [-0.39, 0.29) is 29.9 Å². The zero-order valence-corrected chi connectivity index (χ0v) is 14.1. The fourth-order valence-corrected chi connectivity index (χ4v) is 2.69. The lowest BCUT2D eigenvalue weighted by atomic mass is 10.1. The van der Waals surface area contributed by atoms with Crippen molar-refractivity contribution in [3.8, 4) is 11.5 Å². The number of amides is 2. The van der Waals surface area contributed by atoms with Crippen LogP contribution in [0.1, 0.15) is 40.1 Å². The van der Waals surface area contributed by atoms with Crippen LogP contribution in [-0.2, 0) is 16.1 Å². The third-order valence-electron chi connectivity index (χ3n) is 3.73. The number of esters is 2. The molecule has 7 heteroatoms. The first-order chi connectivity index (χ1) is 12.4. The van der Waals surface area contributed by atoms with Crippen molar-refractivity contribution >= 4 is 23.8 Å². The Hall–Kier alpha value is -3.48. The minimum Gasteiger partial charge on any atom is -0.423 e. The molecule has 0 unspecified atom stereocenters. The third kappa shape index (κ3) is 3.32. The first-order valence-corrected chi connectivity index (χ1v) is 7.82.